The molecule has 1 amide bonds. The highest BCUT2D eigenvalue weighted by atomic mass is 32.2. The molecule has 2 aromatic rings. The zero-order chi connectivity index (χ0) is 19.9. The zero-order valence-electron chi connectivity index (χ0n) is 16.0. The predicted molar refractivity (Wildman–Crippen MR) is 105 cm³/mol. The van der Waals surface area contributed by atoms with E-state index in [0.717, 1.165) is 12.8 Å². The molecule has 0 spiro atoms. The van der Waals surface area contributed by atoms with Gasteiger partial charge in [0.2, 0.25) is 10.0 Å². The van der Waals surface area contributed by atoms with Crippen LogP contribution in [0.3, 0.4) is 0 Å². The first-order chi connectivity index (χ1) is 13.4. The van der Waals surface area contributed by atoms with Crippen LogP contribution in [0.15, 0.2) is 41.4 Å². The second-order valence-electron chi connectivity index (χ2n) is 7.65. The lowest BCUT2D eigenvalue weighted by Gasteiger charge is -2.39. The van der Waals surface area contributed by atoms with Crippen LogP contribution in [-0.2, 0) is 10.0 Å². The number of anilines is 1. The van der Waals surface area contributed by atoms with E-state index < -0.39 is 16.2 Å². The molecule has 2 aliphatic rings. The van der Waals surface area contributed by atoms with E-state index in [1.54, 1.807) is 40.0 Å². The summed E-state index contributed by atoms with van der Waals surface area (Å²) in [7, 11) is -3.57. The summed E-state index contributed by atoms with van der Waals surface area (Å²) in [5.74, 6) is -0.0776. The Morgan fingerprint density at radius 3 is 2.82 bits per heavy atom. The van der Waals surface area contributed by atoms with E-state index in [1.807, 2.05) is 19.9 Å². The molecule has 0 radical (unpaired) electrons. The summed E-state index contributed by atoms with van der Waals surface area (Å²) in [6.07, 6.45) is 2.87. The maximum absolute atomic E-state index is 13.0. The highest BCUT2D eigenvalue weighted by molar-refractivity contribution is 7.89. The Kier molecular flexibility index (Phi) is 4.88. The van der Waals surface area contributed by atoms with Gasteiger partial charge >= 0.3 is 0 Å². The number of aromatic nitrogens is 2. The topological polar surface area (TPSA) is 96.3 Å². The fraction of sp³-hybridized carbons (Fsp3) is 0.474. The third-order valence-electron chi connectivity index (χ3n) is 5.36. The van der Waals surface area contributed by atoms with E-state index in [9.17, 15) is 13.2 Å². The molecular weight excluding hydrogens is 378 g/mol. The molecule has 4 rings (SSSR count). The van der Waals surface area contributed by atoms with Crippen molar-refractivity contribution in [3.05, 3.63) is 42.2 Å². The average Bonchev–Trinajstić information content (AvgIpc) is 3.17. The maximum atomic E-state index is 13.0. The number of rotatable bonds is 3. The first-order valence-corrected chi connectivity index (χ1v) is 11.1. The van der Waals surface area contributed by atoms with Crippen LogP contribution in [0.1, 0.15) is 43.2 Å². The Hall–Kier alpha value is -2.39. The first kappa shape index (κ1) is 18.9. The second kappa shape index (κ2) is 7.21. The number of fused-ring (bicyclic) bond motifs is 1. The fourth-order valence-corrected chi connectivity index (χ4v) is 5.37. The summed E-state index contributed by atoms with van der Waals surface area (Å²) in [5, 5.41) is 7.55. The Labute approximate surface area is 165 Å². The van der Waals surface area contributed by atoms with Gasteiger partial charge in [-0.3, -0.25) is 9.48 Å². The van der Waals surface area contributed by atoms with Crippen molar-refractivity contribution < 1.29 is 13.2 Å². The van der Waals surface area contributed by atoms with Gasteiger partial charge in [0.1, 0.15) is 10.6 Å². The van der Waals surface area contributed by atoms with Crippen molar-refractivity contribution in [2.45, 2.75) is 43.8 Å². The highest BCUT2D eigenvalue weighted by Gasteiger charge is 2.37. The van der Waals surface area contributed by atoms with Gasteiger partial charge < -0.3 is 10.2 Å². The van der Waals surface area contributed by atoms with Gasteiger partial charge in [0.25, 0.3) is 5.91 Å². The lowest BCUT2D eigenvalue weighted by atomic mass is 9.94. The smallest absolute Gasteiger partial charge is 0.272 e. The normalized spacial score (nSPS) is 23.9. The van der Waals surface area contributed by atoms with Crippen LogP contribution in [0.5, 0.6) is 0 Å². The van der Waals surface area contributed by atoms with Crippen LogP contribution in [-0.4, -0.2) is 48.3 Å². The third-order valence-corrected chi connectivity index (χ3v) is 6.86. The van der Waals surface area contributed by atoms with Crippen molar-refractivity contribution in [1.82, 2.24) is 19.4 Å². The van der Waals surface area contributed by atoms with Crippen molar-refractivity contribution in [1.29, 1.82) is 0 Å². The van der Waals surface area contributed by atoms with Gasteiger partial charge in [-0.1, -0.05) is 12.1 Å². The summed E-state index contributed by atoms with van der Waals surface area (Å²) >= 11 is 0. The van der Waals surface area contributed by atoms with Crippen molar-refractivity contribution in [3.63, 3.8) is 0 Å². The van der Waals surface area contributed by atoms with Crippen molar-refractivity contribution in [2.75, 3.05) is 18.4 Å². The molecule has 0 aliphatic carbocycles. The van der Waals surface area contributed by atoms with E-state index in [1.165, 1.54) is 0 Å². The number of amides is 1. The SMILES string of the molecule is CC(C)n1nccc1C(=O)N1CCC[C@@H]([C@H]2Nc3ccccc3S(=O)(=O)N2)C1. The summed E-state index contributed by atoms with van der Waals surface area (Å²) in [6, 6.07) is 8.71. The van der Waals surface area contributed by atoms with Crippen LogP contribution in [0.2, 0.25) is 0 Å². The molecule has 28 heavy (non-hydrogen) atoms. The number of benzene rings is 1. The van der Waals surface area contributed by atoms with Gasteiger partial charge in [-0.15, -0.1) is 0 Å². The minimum absolute atomic E-state index is 0.0174. The van der Waals surface area contributed by atoms with Gasteiger partial charge in [0.05, 0.1) is 11.9 Å². The number of para-hydroxylation sites is 1. The standard InChI is InChI=1S/C19H25N5O3S/c1-13(2)24-16(9-10-20-24)19(25)23-11-5-6-14(12-23)18-21-15-7-3-4-8-17(15)28(26,27)22-18/h3-4,7-10,13-14,18,21-22H,5-6,11-12H2,1-2H3/t14-,18+/m1/s1. The average molecular weight is 404 g/mol. The Morgan fingerprint density at radius 2 is 2.04 bits per heavy atom. The molecule has 2 aliphatic heterocycles. The van der Waals surface area contributed by atoms with E-state index in [-0.39, 0.29) is 22.8 Å². The van der Waals surface area contributed by atoms with Gasteiger partial charge in [-0.25, -0.2) is 8.42 Å². The van der Waals surface area contributed by atoms with E-state index in [0.29, 0.717) is 24.5 Å². The minimum atomic E-state index is -3.57. The molecular formula is C19H25N5O3S. The highest BCUT2D eigenvalue weighted by Crippen LogP contribution is 2.30. The summed E-state index contributed by atoms with van der Waals surface area (Å²) in [5.41, 5.74) is 1.17. The Balaban J connectivity index is 1.53. The molecule has 2 N–H and O–H groups in total. The third kappa shape index (κ3) is 3.40. The second-order valence-corrected chi connectivity index (χ2v) is 9.33. The van der Waals surface area contributed by atoms with Crippen LogP contribution in [0, 0.1) is 5.92 Å². The molecule has 1 saturated heterocycles. The number of carbonyl (C=O) groups excluding carboxylic acids is 1. The minimum Gasteiger partial charge on any atom is -0.368 e. The van der Waals surface area contributed by atoms with Gasteiger partial charge in [-0.05, 0) is 44.9 Å². The monoisotopic (exact) mass is 403 g/mol. The maximum Gasteiger partial charge on any atom is 0.272 e. The molecule has 1 aromatic heterocycles. The number of hydrogen-bond acceptors (Lipinski definition) is 5. The van der Waals surface area contributed by atoms with Gasteiger partial charge in [0, 0.05) is 31.2 Å². The zero-order valence-corrected chi connectivity index (χ0v) is 16.8. The summed E-state index contributed by atoms with van der Waals surface area (Å²) in [6.45, 7) is 5.13. The van der Waals surface area contributed by atoms with E-state index in [4.69, 9.17) is 0 Å². The number of sulfonamides is 1. The van der Waals surface area contributed by atoms with Gasteiger partial charge in [-0.2, -0.15) is 9.82 Å². The number of piperidine rings is 1. The quantitative estimate of drug-likeness (QED) is 0.818. The molecule has 150 valence electrons. The number of likely N-dealkylation sites (tertiary alicyclic amines) is 1. The summed E-state index contributed by atoms with van der Waals surface area (Å²) < 4.78 is 29.7. The largest absolute Gasteiger partial charge is 0.368 e. The van der Waals surface area contributed by atoms with Crippen LogP contribution in [0.25, 0.3) is 0 Å². The molecule has 3 heterocycles. The molecule has 8 nitrogen and oxygen atoms in total. The lowest BCUT2D eigenvalue weighted by molar-refractivity contribution is 0.0644. The molecule has 0 saturated carbocycles. The summed E-state index contributed by atoms with van der Waals surface area (Å²) in [4.78, 5) is 15.1. The molecule has 1 fully saturated rings. The molecule has 2 atom stereocenters. The van der Waals surface area contributed by atoms with Crippen LogP contribution >= 0.6 is 0 Å². The van der Waals surface area contributed by atoms with E-state index in [2.05, 4.69) is 15.1 Å². The first-order valence-electron chi connectivity index (χ1n) is 9.57. The van der Waals surface area contributed by atoms with Crippen molar-refractivity contribution in [3.8, 4) is 0 Å². The lowest BCUT2D eigenvalue weighted by Crippen LogP contribution is -2.54. The number of nitrogens with one attached hydrogen (secondary N) is 2. The Bertz CT molecular complexity index is 985. The molecule has 0 unspecified atom stereocenters. The number of hydrogen-bond donors (Lipinski definition) is 2. The molecule has 1 aromatic carbocycles. The number of carbonyl (C=O) groups is 1. The molecule has 0 bridgehead atoms. The predicted octanol–water partition coefficient (Wildman–Crippen LogP) is 2.05. The van der Waals surface area contributed by atoms with Crippen molar-refractivity contribution >= 4 is 21.6 Å². The number of nitrogens with zero attached hydrogens (tertiary/aromatic N) is 3. The van der Waals surface area contributed by atoms with Crippen LogP contribution < -0.4 is 10.0 Å². The van der Waals surface area contributed by atoms with E-state index >= 15 is 0 Å². The molecule has 9 heteroatoms. The van der Waals surface area contributed by atoms with Crippen LogP contribution in [0.4, 0.5) is 5.69 Å². The van der Waals surface area contributed by atoms with Crippen molar-refractivity contribution in [2.24, 2.45) is 5.92 Å². The fourth-order valence-electron chi connectivity index (χ4n) is 3.99. The Morgan fingerprint density at radius 1 is 1.25 bits per heavy atom. The van der Waals surface area contributed by atoms with Gasteiger partial charge in [0.15, 0.2) is 0 Å².